The summed E-state index contributed by atoms with van der Waals surface area (Å²) in [5, 5.41) is 0. The third kappa shape index (κ3) is 3.17. The van der Waals surface area contributed by atoms with Crippen LogP contribution in [0.3, 0.4) is 0 Å². The van der Waals surface area contributed by atoms with Crippen LogP contribution < -0.4 is 5.73 Å². The number of rotatable bonds is 2. The molecule has 17 heavy (non-hydrogen) atoms. The molecule has 1 fully saturated rings. The van der Waals surface area contributed by atoms with Crippen LogP contribution in [-0.2, 0) is 11.3 Å². The van der Waals surface area contributed by atoms with E-state index in [1.807, 2.05) is 13.8 Å². The van der Waals surface area contributed by atoms with Gasteiger partial charge in [-0.3, -0.25) is 4.90 Å². The molecule has 0 spiro atoms. The van der Waals surface area contributed by atoms with E-state index in [0.717, 1.165) is 13.1 Å². The van der Waals surface area contributed by atoms with Crippen molar-refractivity contribution in [1.29, 1.82) is 0 Å². The second-order valence-corrected chi connectivity index (χ2v) is 4.80. The molecule has 2 atom stereocenters. The van der Waals surface area contributed by atoms with Crippen molar-refractivity contribution in [3.05, 3.63) is 29.6 Å². The highest BCUT2D eigenvalue weighted by molar-refractivity contribution is 5.40. The number of nitrogens with two attached hydrogens (primary N) is 1. The van der Waals surface area contributed by atoms with Gasteiger partial charge >= 0.3 is 0 Å². The Kier molecular flexibility index (Phi) is 3.64. The van der Waals surface area contributed by atoms with Crippen LogP contribution >= 0.6 is 0 Å². The van der Waals surface area contributed by atoms with Gasteiger partial charge in [-0.05, 0) is 26.0 Å². The maximum absolute atomic E-state index is 13.7. The van der Waals surface area contributed by atoms with Crippen LogP contribution in [-0.4, -0.2) is 30.2 Å². The van der Waals surface area contributed by atoms with Gasteiger partial charge in [0.1, 0.15) is 5.82 Å². The van der Waals surface area contributed by atoms with Crippen molar-refractivity contribution in [1.82, 2.24) is 4.90 Å². The summed E-state index contributed by atoms with van der Waals surface area (Å²) in [6.07, 6.45) is 0.409. The number of halogens is 1. The largest absolute Gasteiger partial charge is 0.399 e. The second-order valence-electron chi connectivity index (χ2n) is 4.80. The fraction of sp³-hybridized carbons (Fsp3) is 0.538. The first-order valence-corrected chi connectivity index (χ1v) is 5.96. The van der Waals surface area contributed by atoms with Gasteiger partial charge in [0.15, 0.2) is 0 Å². The van der Waals surface area contributed by atoms with Crippen molar-refractivity contribution >= 4 is 5.69 Å². The topological polar surface area (TPSA) is 38.5 Å². The molecular weight excluding hydrogens is 219 g/mol. The minimum absolute atomic E-state index is 0.204. The van der Waals surface area contributed by atoms with Gasteiger partial charge in [0.2, 0.25) is 0 Å². The molecule has 3 nitrogen and oxygen atoms in total. The van der Waals surface area contributed by atoms with Crippen molar-refractivity contribution in [3.63, 3.8) is 0 Å². The van der Waals surface area contributed by atoms with E-state index in [1.54, 1.807) is 12.1 Å². The monoisotopic (exact) mass is 238 g/mol. The highest BCUT2D eigenvalue weighted by atomic mass is 19.1. The van der Waals surface area contributed by atoms with E-state index in [0.29, 0.717) is 17.8 Å². The molecule has 0 amide bonds. The molecule has 1 aliphatic heterocycles. The van der Waals surface area contributed by atoms with E-state index in [-0.39, 0.29) is 18.0 Å². The van der Waals surface area contributed by atoms with Gasteiger partial charge in [0, 0.05) is 30.9 Å². The lowest BCUT2D eigenvalue weighted by Crippen LogP contribution is -2.44. The maximum Gasteiger partial charge on any atom is 0.129 e. The summed E-state index contributed by atoms with van der Waals surface area (Å²) in [5.41, 5.74) is 6.69. The smallest absolute Gasteiger partial charge is 0.129 e. The summed E-state index contributed by atoms with van der Waals surface area (Å²) in [4.78, 5) is 2.22. The Labute approximate surface area is 101 Å². The lowest BCUT2D eigenvalue weighted by molar-refractivity contribution is -0.0707. The molecule has 1 aromatic carbocycles. The van der Waals surface area contributed by atoms with Crippen molar-refractivity contribution in [2.24, 2.45) is 0 Å². The first-order chi connectivity index (χ1) is 8.04. The van der Waals surface area contributed by atoms with E-state index in [9.17, 15) is 4.39 Å². The summed E-state index contributed by atoms with van der Waals surface area (Å²) in [6.45, 7) is 6.39. The standard InChI is InChI=1S/C13H19FN2O/c1-9-6-16(7-10(2)17-9)8-11-3-4-12(15)5-13(11)14/h3-5,9-10H,6-8,15H2,1-2H3/t9-,10-/m0/s1. The van der Waals surface area contributed by atoms with E-state index in [4.69, 9.17) is 10.5 Å². The first kappa shape index (κ1) is 12.3. The van der Waals surface area contributed by atoms with Crippen LogP contribution in [0.4, 0.5) is 10.1 Å². The molecule has 1 heterocycles. The minimum Gasteiger partial charge on any atom is -0.399 e. The van der Waals surface area contributed by atoms with E-state index in [2.05, 4.69) is 4.90 Å². The van der Waals surface area contributed by atoms with Gasteiger partial charge in [0.25, 0.3) is 0 Å². The number of morpholine rings is 1. The predicted molar refractivity (Wildman–Crippen MR) is 66.1 cm³/mol. The molecule has 0 unspecified atom stereocenters. The molecule has 4 heteroatoms. The molecule has 0 radical (unpaired) electrons. The van der Waals surface area contributed by atoms with Gasteiger partial charge in [-0.15, -0.1) is 0 Å². The fourth-order valence-electron chi connectivity index (χ4n) is 2.35. The van der Waals surface area contributed by atoms with E-state index < -0.39 is 0 Å². The molecule has 0 aliphatic carbocycles. The van der Waals surface area contributed by atoms with Crippen LogP contribution in [0.15, 0.2) is 18.2 Å². The van der Waals surface area contributed by atoms with Crippen molar-refractivity contribution in [3.8, 4) is 0 Å². The Morgan fingerprint density at radius 2 is 2.00 bits per heavy atom. The number of benzene rings is 1. The predicted octanol–water partition coefficient (Wildman–Crippen LogP) is 2.02. The first-order valence-electron chi connectivity index (χ1n) is 5.96. The number of hydrogen-bond acceptors (Lipinski definition) is 3. The van der Waals surface area contributed by atoms with Gasteiger partial charge in [0.05, 0.1) is 12.2 Å². The van der Waals surface area contributed by atoms with Crippen molar-refractivity contribution in [2.45, 2.75) is 32.6 Å². The highest BCUT2D eigenvalue weighted by Gasteiger charge is 2.22. The number of nitrogens with zero attached hydrogens (tertiary/aromatic N) is 1. The molecule has 2 N–H and O–H groups in total. The minimum atomic E-state index is -0.225. The fourth-order valence-corrected chi connectivity index (χ4v) is 2.35. The van der Waals surface area contributed by atoms with Crippen LogP contribution in [0.25, 0.3) is 0 Å². The molecular formula is C13H19FN2O. The van der Waals surface area contributed by atoms with Crippen molar-refractivity contribution < 1.29 is 9.13 Å². The maximum atomic E-state index is 13.7. The second kappa shape index (κ2) is 5.02. The summed E-state index contributed by atoms with van der Waals surface area (Å²) >= 11 is 0. The Hall–Kier alpha value is -1.13. The average Bonchev–Trinajstić information content (AvgIpc) is 2.21. The van der Waals surface area contributed by atoms with Gasteiger partial charge < -0.3 is 10.5 Å². The normalized spacial score (nSPS) is 26.1. The van der Waals surface area contributed by atoms with Crippen LogP contribution in [0, 0.1) is 5.82 Å². The highest BCUT2D eigenvalue weighted by Crippen LogP contribution is 2.17. The molecule has 1 aliphatic rings. The van der Waals surface area contributed by atoms with E-state index >= 15 is 0 Å². The van der Waals surface area contributed by atoms with Crippen LogP contribution in [0.5, 0.6) is 0 Å². The molecule has 0 aromatic heterocycles. The van der Waals surface area contributed by atoms with Crippen molar-refractivity contribution in [2.75, 3.05) is 18.8 Å². The lowest BCUT2D eigenvalue weighted by Gasteiger charge is -2.35. The van der Waals surface area contributed by atoms with Gasteiger partial charge in [-0.2, -0.15) is 0 Å². The van der Waals surface area contributed by atoms with E-state index in [1.165, 1.54) is 6.07 Å². The summed E-state index contributed by atoms with van der Waals surface area (Å²) in [5.74, 6) is -0.225. The summed E-state index contributed by atoms with van der Waals surface area (Å²) < 4.78 is 19.3. The molecule has 1 aromatic rings. The molecule has 0 saturated carbocycles. The summed E-state index contributed by atoms with van der Waals surface area (Å²) in [6, 6.07) is 4.88. The Morgan fingerprint density at radius 1 is 1.35 bits per heavy atom. The number of anilines is 1. The summed E-state index contributed by atoms with van der Waals surface area (Å²) in [7, 11) is 0. The Morgan fingerprint density at radius 3 is 2.59 bits per heavy atom. The number of ether oxygens (including phenoxy) is 1. The SMILES string of the molecule is C[C@H]1CN(Cc2ccc(N)cc2F)C[C@H](C)O1. The zero-order valence-electron chi connectivity index (χ0n) is 10.3. The zero-order valence-corrected chi connectivity index (χ0v) is 10.3. The van der Waals surface area contributed by atoms with Crippen LogP contribution in [0.2, 0.25) is 0 Å². The Balaban J connectivity index is 2.04. The number of hydrogen-bond donors (Lipinski definition) is 1. The molecule has 1 saturated heterocycles. The number of nitrogen functional groups attached to an aromatic ring is 1. The third-order valence-electron chi connectivity index (χ3n) is 2.97. The lowest BCUT2D eigenvalue weighted by atomic mass is 10.1. The quantitative estimate of drug-likeness (QED) is 0.801. The Bertz CT molecular complexity index is 387. The van der Waals surface area contributed by atoms with Gasteiger partial charge in [-0.25, -0.2) is 4.39 Å². The average molecular weight is 238 g/mol. The zero-order chi connectivity index (χ0) is 12.4. The van der Waals surface area contributed by atoms with Crippen LogP contribution in [0.1, 0.15) is 19.4 Å². The molecule has 94 valence electrons. The molecule has 2 rings (SSSR count). The molecule has 0 bridgehead atoms. The third-order valence-corrected chi connectivity index (χ3v) is 2.97. The van der Waals surface area contributed by atoms with Gasteiger partial charge in [-0.1, -0.05) is 6.07 Å².